The number of rotatable bonds is 3. The van der Waals surface area contributed by atoms with Crippen molar-refractivity contribution >= 4 is 76.3 Å². The summed E-state index contributed by atoms with van der Waals surface area (Å²) in [6, 6.07) is 61.4. The smallest absolute Gasteiger partial charge is 0.137 e. The van der Waals surface area contributed by atoms with Crippen LogP contribution < -0.4 is 0 Å². The van der Waals surface area contributed by atoms with Crippen molar-refractivity contribution in [1.29, 1.82) is 0 Å². The van der Waals surface area contributed by atoms with Crippen molar-refractivity contribution in [1.82, 2.24) is 9.13 Å². The van der Waals surface area contributed by atoms with Crippen LogP contribution in [0, 0.1) is 0 Å². The first-order valence-corrected chi connectivity index (χ1v) is 16.8. The zero-order valence-electron chi connectivity index (χ0n) is 26.5. The summed E-state index contributed by atoms with van der Waals surface area (Å²) in [4.78, 5) is 0. The van der Waals surface area contributed by atoms with E-state index in [1.165, 1.54) is 65.7 Å². The number of hydrogen-bond acceptors (Lipinski definition) is 1. The van der Waals surface area contributed by atoms with Gasteiger partial charge in [0, 0.05) is 49.5 Å². The van der Waals surface area contributed by atoms with E-state index in [2.05, 4.69) is 173 Å². The third-order valence-corrected chi connectivity index (χ3v) is 10.3. The van der Waals surface area contributed by atoms with Gasteiger partial charge in [0.25, 0.3) is 0 Å². The highest BCUT2D eigenvalue weighted by Gasteiger charge is 2.19. The minimum absolute atomic E-state index is 0.901. The van der Waals surface area contributed by atoms with Gasteiger partial charge in [0.05, 0.1) is 27.8 Å². The Labute approximate surface area is 281 Å². The lowest BCUT2D eigenvalue weighted by Gasteiger charge is -2.12. The van der Waals surface area contributed by atoms with Gasteiger partial charge in [-0.3, -0.25) is 0 Å². The zero-order valence-corrected chi connectivity index (χ0v) is 26.5. The summed E-state index contributed by atoms with van der Waals surface area (Å²) in [5, 5.41) is 9.66. The number of fused-ring (bicyclic) bond motifs is 10. The average molecular weight is 625 g/mol. The van der Waals surface area contributed by atoms with Crippen LogP contribution in [0.25, 0.3) is 98.8 Å². The van der Waals surface area contributed by atoms with Crippen LogP contribution in [0.1, 0.15) is 0 Å². The van der Waals surface area contributed by atoms with Gasteiger partial charge in [-0.25, -0.2) is 0 Å². The summed E-state index contributed by atoms with van der Waals surface area (Å²) >= 11 is 0. The number of furan rings is 1. The van der Waals surface area contributed by atoms with Crippen LogP contribution in [0.5, 0.6) is 0 Å². The second-order valence-corrected chi connectivity index (χ2v) is 12.9. The Hall–Kier alpha value is -6.58. The first-order chi connectivity index (χ1) is 24.3. The molecular formula is C46H28N2O. The molecule has 0 fully saturated rings. The van der Waals surface area contributed by atoms with Crippen molar-refractivity contribution in [3.63, 3.8) is 0 Å². The van der Waals surface area contributed by atoms with E-state index < -0.39 is 0 Å². The van der Waals surface area contributed by atoms with Gasteiger partial charge in [-0.2, -0.15) is 0 Å². The summed E-state index contributed by atoms with van der Waals surface area (Å²) in [6.07, 6.45) is 0. The highest BCUT2D eigenvalue weighted by Crippen LogP contribution is 2.42. The highest BCUT2D eigenvalue weighted by molar-refractivity contribution is 6.19. The normalized spacial score (nSPS) is 12.1. The van der Waals surface area contributed by atoms with Gasteiger partial charge in [0.15, 0.2) is 0 Å². The molecule has 0 radical (unpaired) electrons. The molecule has 3 aromatic heterocycles. The Morgan fingerprint density at radius 1 is 0.327 bits per heavy atom. The van der Waals surface area contributed by atoms with Crippen LogP contribution in [0.2, 0.25) is 0 Å². The van der Waals surface area contributed by atoms with Gasteiger partial charge in [-0.05, 0) is 77.2 Å². The predicted octanol–water partition coefficient (Wildman–Crippen LogP) is 12.6. The third kappa shape index (κ3) is 3.78. The molecule has 0 aliphatic rings. The molecule has 3 heteroatoms. The molecule has 0 atom stereocenters. The van der Waals surface area contributed by atoms with Crippen LogP contribution in [-0.4, -0.2) is 9.13 Å². The van der Waals surface area contributed by atoms with E-state index in [0.29, 0.717) is 0 Å². The first-order valence-electron chi connectivity index (χ1n) is 16.8. The fourth-order valence-corrected chi connectivity index (χ4v) is 8.09. The Kier molecular flexibility index (Phi) is 5.38. The van der Waals surface area contributed by atoms with Gasteiger partial charge in [-0.15, -0.1) is 0 Å². The Bertz CT molecular complexity index is 3100. The molecule has 0 saturated carbocycles. The standard InChI is InChI=1S/C46H28N2O/c1-2-13-32(14-3-1)47-41-18-8-6-16-34(41)36-25-30(21-23-42(36)47)31-22-24-43-37(26-31)38-27-39-35-17-7-9-20-45(35)49-46(39)28-44(38)48(43)40-19-10-12-29-11-4-5-15-33(29)40/h1-28H. The molecule has 49 heavy (non-hydrogen) atoms. The number of hydrogen-bond donors (Lipinski definition) is 0. The molecule has 3 nitrogen and oxygen atoms in total. The topological polar surface area (TPSA) is 23.0 Å². The number of nitrogens with zero attached hydrogens (tertiary/aromatic N) is 2. The first kappa shape index (κ1) is 26.5. The summed E-state index contributed by atoms with van der Waals surface area (Å²) in [6.45, 7) is 0. The van der Waals surface area contributed by atoms with Crippen LogP contribution in [0.3, 0.4) is 0 Å². The van der Waals surface area contributed by atoms with Gasteiger partial charge in [0.1, 0.15) is 11.2 Å². The lowest BCUT2D eigenvalue weighted by molar-refractivity contribution is 0.669. The lowest BCUT2D eigenvalue weighted by Crippen LogP contribution is -1.95. The van der Waals surface area contributed by atoms with Crippen molar-refractivity contribution in [2.24, 2.45) is 0 Å². The van der Waals surface area contributed by atoms with Gasteiger partial charge in [-0.1, -0.05) is 103 Å². The van der Waals surface area contributed by atoms with Gasteiger partial charge in [0.2, 0.25) is 0 Å². The van der Waals surface area contributed by atoms with Crippen molar-refractivity contribution < 1.29 is 4.42 Å². The van der Waals surface area contributed by atoms with Crippen LogP contribution in [-0.2, 0) is 0 Å². The van der Waals surface area contributed by atoms with E-state index in [4.69, 9.17) is 4.42 Å². The molecule has 228 valence electrons. The molecular weight excluding hydrogens is 597 g/mol. The highest BCUT2D eigenvalue weighted by atomic mass is 16.3. The van der Waals surface area contributed by atoms with Gasteiger partial charge >= 0.3 is 0 Å². The number of para-hydroxylation sites is 3. The second kappa shape index (κ2) is 9.96. The minimum Gasteiger partial charge on any atom is -0.456 e. The molecule has 3 heterocycles. The second-order valence-electron chi connectivity index (χ2n) is 12.9. The molecule has 11 rings (SSSR count). The van der Waals surface area contributed by atoms with E-state index >= 15 is 0 Å². The number of benzene rings is 8. The minimum atomic E-state index is 0.901. The molecule has 0 unspecified atom stereocenters. The maximum atomic E-state index is 6.42. The summed E-state index contributed by atoms with van der Waals surface area (Å²) in [7, 11) is 0. The van der Waals surface area contributed by atoms with E-state index in [0.717, 1.165) is 33.1 Å². The molecule has 0 amide bonds. The van der Waals surface area contributed by atoms with Crippen molar-refractivity contribution in [3.05, 3.63) is 170 Å². The molecule has 0 bridgehead atoms. The largest absolute Gasteiger partial charge is 0.456 e. The van der Waals surface area contributed by atoms with E-state index in [9.17, 15) is 0 Å². The molecule has 0 aliphatic heterocycles. The molecule has 11 aromatic rings. The Morgan fingerprint density at radius 3 is 1.78 bits per heavy atom. The molecule has 0 spiro atoms. The molecule has 0 N–H and O–H groups in total. The monoisotopic (exact) mass is 624 g/mol. The van der Waals surface area contributed by atoms with Gasteiger partial charge < -0.3 is 13.6 Å². The Balaban J connectivity index is 1.20. The van der Waals surface area contributed by atoms with Crippen LogP contribution in [0.4, 0.5) is 0 Å². The van der Waals surface area contributed by atoms with E-state index in [1.54, 1.807) is 0 Å². The number of aromatic nitrogens is 2. The zero-order chi connectivity index (χ0) is 32.1. The van der Waals surface area contributed by atoms with Crippen molar-refractivity contribution in [2.75, 3.05) is 0 Å². The predicted molar refractivity (Wildman–Crippen MR) is 205 cm³/mol. The fourth-order valence-electron chi connectivity index (χ4n) is 8.09. The summed E-state index contributed by atoms with van der Waals surface area (Å²) < 4.78 is 11.2. The van der Waals surface area contributed by atoms with Crippen molar-refractivity contribution in [2.45, 2.75) is 0 Å². The fraction of sp³-hybridized carbons (Fsp3) is 0. The van der Waals surface area contributed by atoms with Crippen LogP contribution in [0.15, 0.2) is 174 Å². The maximum Gasteiger partial charge on any atom is 0.137 e. The molecule has 0 aliphatic carbocycles. The molecule has 8 aromatic carbocycles. The Morgan fingerprint density at radius 2 is 0.939 bits per heavy atom. The summed E-state index contributed by atoms with van der Waals surface area (Å²) in [5.74, 6) is 0. The average Bonchev–Trinajstić information content (AvgIpc) is 3.80. The lowest BCUT2D eigenvalue weighted by atomic mass is 10.00. The quantitative estimate of drug-likeness (QED) is 0.192. The van der Waals surface area contributed by atoms with Crippen molar-refractivity contribution in [3.8, 4) is 22.5 Å². The third-order valence-electron chi connectivity index (χ3n) is 10.3. The molecule has 0 saturated heterocycles. The van der Waals surface area contributed by atoms with Crippen LogP contribution >= 0.6 is 0 Å². The summed E-state index contributed by atoms with van der Waals surface area (Å²) in [5.41, 5.74) is 11.3. The van der Waals surface area contributed by atoms with E-state index in [1.807, 2.05) is 6.07 Å². The van der Waals surface area contributed by atoms with E-state index in [-0.39, 0.29) is 0 Å². The maximum absolute atomic E-state index is 6.42. The SMILES string of the molecule is c1ccc(-n2c3ccccc3c3cc(-c4ccc5c(c4)c4cc6c(cc4n5-c4cccc5ccccc45)oc4ccccc46)ccc32)cc1.